The topological polar surface area (TPSA) is 70.0 Å². The van der Waals surface area contributed by atoms with Gasteiger partial charge < -0.3 is 19.8 Å². The molecule has 0 bridgehead atoms. The van der Waals surface area contributed by atoms with E-state index in [4.69, 9.17) is 16.3 Å². The summed E-state index contributed by atoms with van der Waals surface area (Å²) in [4.78, 5) is 13.6. The third-order valence-electron chi connectivity index (χ3n) is 4.27. The lowest BCUT2D eigenvalue weighted by Crippen LogP contribution is -2.52. The van der Waals surface area contributed by atoms with Crippen molar-refractivity contribution in [1.29, 1.82) is 0 Å². The first kappa shape index (κ1) is 15.8. The molecule has 116 valence electrons. The molecule has 1 amide bonds. The molecule has 0 aliphatic carbocycles. The number of ether oxygens (including phenoxy) is 1. The van der Waals surface area contributed by atoms with Crippen LogP contribution in [0.15, 0.2) is 0 Å². The molecule has 1 spiro atoms. The van der Waals surface area contributed by atoms with Gasteiger partial charge in [0.25, 0.3) is 0 Å². The monoisotopic (exact) mass is 443 g/mol. The van der Waals surface area contributed by atoms with Gasteiger partial charge in [-0.2, -0.15) is 0 Å². The fourth-order valence-electron chi connectivity index (χ4n) is 3.25. The minimum absolute atomic E-state index is 0.127. The molecule has 1 unspecified atom stereocenters. The summed E-state index contributed by atoms with van der Waals surface area (Å²) in [5.74, 6) is 0. The summed E-state index contributed by atoms with van der Waals surface area (Å²) in [7, 11) is 0. The van der Waals surface area contributed by atoms with E-state index in [1.807, 2.05) is 6.92 Å². The van der Waals surface area contributed by atoms with Crippen molar-refractivity contribution in [3.05, 3.63) is 18.3 Å². The number of aliphatic hydroxyl groups is 1. The van der Waals surface area contributed by atoms with Crippen LogP contribution in [0.2, 0.25) is 4.34 Å². The number of aliphatic hydroxyl groups excluding tert-OH is 1. The van der Waals surface area contributed by atoms with Crippen molar-refractivity contribution >= 4 is 51.6 Å². The summed E-state index contributed by atoms with van der Waals surface area (Å²) in [5.41, 5.74) is 0.352. The number of carboxylic acid groups (broad SMARTS) is 1. The van der Waals surface area contributed by atoms with Gasteiger partial charge >= 0.3 is 6.09 Å². The molecule has 3 heterocycles. The second kappa shape index (κ2) is 5.52. The van der Waals surface area contributed by atoms with Crippen molar-refractivity contribution < 1.29 is 19.7 Å². The molecule has 0 saturated carbocycles. The van der Waals surface area contributed by atoms with E-state index in [0.29, 0.717) is 23.7 Å². The Morgan fingerprint density at radius 2 is 2.33 bits per heavy atom. The lowest BCUT2D eigenvalue weighted by atomic mass is 9.82. The lowest BCUT2D eigenvalue weighted by Gasteiger charge is -2.46. The Bertz CT molecular complexity index is 595. The molecule has 1 saturated heterocycles. The van der Waals surface area contributed by atoms with Gasteiger partial charge in [0, 0.05) is 33.0 Å². The van der Waals surface area contributed by atoms with Gasteiger partial charge in [-0.3, -0.25) is 0 Å². The van der Waals surface area contributed by atoms with Crippen LogP contribution in [-0.2, 0) is 10.3 Å². The van der Waals surface area contributed by atoms with Crippen molar-refractivity contribution in [3.8, 4) is 0 Å². The average molecular weight is 444 g/mol. The van der Waals surface area contributed by atoms with E-state index in [1.54, 1.807) is 0 Å². The standard InChI is InChI=1S/C13H15ClINO4S/c1-6-4-13(2-3-16(6)12(18)19)10-8(7(17)5-20-13)9(15)11(14)21-10/h6-7,17H,2-5H2,1H3,(H,18,19)/t6-,7?,13+/m0/s1. The maximum Gasteiger partial charge on any atom is 0.407 e. The van der Waals surface area contributed by atoms with Crippen LogP contribution < -0.4 is 0 Å². The second-order valence-corrected chi connectivity index (χ2v) is 8.23. The van der Waals surface area contributed by atoms with Gasteiger partial charge in [0.1, 0.15) is 16.0 Å². The van der Waals surface area contributed by atoms with Crippen molar-refractivity contribution in [1.82, 2.24) is 4.90 Å². The zero-order chi connectivity index (χ0) is 15.4. The van der Waals surface area contributed by atoms with E-state index < -0.39 is 17.8 Å². The van der Waals surface area contributed by atoms with Gasteiger partial charge in [0.2, 0.25) is 0 Å². The molecule has 2 aliphatic rings. The zero-order valence-electron chi connectivity index (χ0n) is 11.3. The summed E-state index contributed by atoms with van der Waals surface area (Å²) < 4.78 is 7.54. The van der Waals surface area contributed by atoms with Crippen molar-refractivity contribution in [2.75, 3.05) is 13.2 Å². The summed E-state index contributed by atoms with van der Waals surface area (Å²) in [6, 6.07) is -0.127. The molecule has 3 atom stereocenters. The first-order valence-corrected chi connectivity index (χ1v) is 8.93. The van der Waals surface area contributed by atoms with E-state index in [0.717, 1.165) is 14.0 Å². The number of carbonyl (C=O) groups is 1. The first-order chi connectivity index (χ1) is 9.85. The molecule has 2 N–H and O–H groups in total. The minimum Gasteiger partial charge on any atom is -0.465 e. The van der Waals surface area contributed by atoms with Crippen molar-refractivity contribution in [2.45, 2.75) is 37.5 Å². The third kappa shape index (κ3) is 2.46. The molecule has 0 aromatic carbocycles. The van der Waals surface area contributed by atoms with Crippen LogP contribution in [0.5, 0.6) is 0 Å². The predicted octanol–water partition coefficient (Wildman–Crippen LogP) is 3.43. The van der Waals surface area contributed by atoms with E-state index in [2.05, 4.69) is 22.6 Å². The van der Waals surface area contributed by atoms with Crippen LogP contribution in [0.1, 0.15) is 36.3 Å². The fourth-order valence-corrected chi connectivity index (χ4v) is 5.88. The molecule has 1 aromatic rings. The zero-order valence-corrected chi connectivity index (χ0v) is 15.0. The highest BCUT2D eigenvalue weighted by Crippen LogP contribution is 2.52. The summed E-state index contributed by atoms with van der Waals surface area (Å²) in [6.07, 6.45) is -0.372. The molecule has 2 aliphatic heterocycles. The van der Waals surface area contributed by atoms with Crippen LogP contribution in [0.4, 0.5) is 4.79 Å². The van der Waals surface area contributed by atoms with E-state index in [9.17, 15) is 15.0 Å². The number of nitrogens with zero attached hydrogens (tertiary/aromatic N) is 1. The lowest BCUT2D eigenvalue weighted by molar-refractivity contribution is -0.134. The molecular weight excluding hydrogens is 429 g/mol. The smallest absolute Gasteiger partial charge is 0.407 e. The number of rotatable bonds is 0. The SMILES string of the molecule is C[C@H]1C[C@@]2(CCN1C(=O)O)OCC(O)c1c2sc(Cl)c1I. The number of fused-ring (bicyclic) bond motifs is 2. The summed E-state index contributed by atoms with van der Waals surface area (Å²) >= 11 is 9.84. The molecule has 0 radical (unpaired) electrons. The second-order valence-electron chi connectivity index (χ2n) is 5.53. The first-order valence-electron chi connectivity index (χ1n) is 6.65. The van der Waals surface area contributed by atoms with Gasteiger partial charge in [0.05, 0.1) is 6.61 Å². The number of piperidine rings is 1. The molecule has 21 heavy (non-hydrogen) atoms. The van der Waals surface area contributed by atoms with E-state index in [1.165, 1.54) is 16.2 Å². The molecule has 3 rings (SSSR count). The number of amides is 1. The minimum atomic E-state index is -0.896. The highest BCUT2D eigenvalue weighted by Gasteiger charge is 2.48. The maximum absolute atomic E-state index is 11.2. The number of halogens is 2. The van der Waals surface area contributed by atoms with Gasteiger partial charge in [-0.15, -0.1) is 11.3 Å². The molecule has 1 aromatic heterocycles. The largest absolute Gasteiger partial charge is 0.465 e. The van der Waals surface area contributed by atoms with Gasteiger partial charge in [-0.25, -0.2) is 4.79 Å². The Morgan fingerprint density at radius 3 is 2.95 bits per heavy atom. The Balaban J connectivity index is 2.00. The average Bonchev–Trinajstić information content (AvgIpc) is 2.72. The normalized spacial score (nSPS) is 32.3. The van der Waals surface area contributed by atoms with Crippen LogP contribution in [0.25, 0.3) is 0 Å². The number of likely N-dealkylation sites (tertiary alicyclic amines) is 1. The Labute approximate surface area is 145 Å². The maximum atomic E-state index is 11.2. The van der Waals surface area contributed by atoms with Gasteiger partial charge in [0.15, 0.2) is 0 Å². The number of hydrogen-bond acceptors (Lipinski definition) is 4. The number of thiophene rings is 1. The number of hydrogen-bond donors (Lipinski definition) is 2. The molecular formula is C13H15ClINO4S. The molecule has 1 fully saturated rings. The van der Waals surface area contributed by atoms with Crippen molar-refractivity contribution in [2.24, 2.45) is 0 Å². The van der Waals surface area contributed by atoms with Gasteiger partial charge in [-0.05, 0) is 35.9 Å². The highest BCUT2D eigenvalue weighted by molar-refractivity contribution is 14.1. The van der Waals surface area contributed by atoms with Crippen LogP contribution in [-0.4, -0.2) is 40.4 Å². The Morgan fingerprint density at radius 1 is 1.62 bits per heavy atom. The summed E-state index contributed by atoms with van der Waals surface area (Å²) in [5, 5.41) is 19.4. The highest BCUT2D eigenvalue weighted by atomic mass is 127. The quantitative estimate of drug-likeness (QED) is 0.603. The fraction of sp³-hybridized carbons (Fsp3) is 0.615. The third-order valence-corrected chi connectivity index (χ3v) is 7.67. The van der Waals surface area contributed by atoms with E-state index >= 15 is 0 Å². The van der Waals surface area contributed by atoms with Crippen molar-refractivity contribution in [3.63, 3.8) is 0 Å². The predicted molar refractivity (Wildman–Crippen MR) is 88.1 cm³/mol. The molecule has 8 heteroatoms. The Kier molecular flexibility index (Phi) is 4.15. The molecule has 5 nitrogen and oxygen atoms in total. The van der Waals surface area contributed by atoms with Crippen LogP contribution >= 0.6 is 45.5 Å². The van der Waals surface area contributed by atoms with Crippen LogP contribution in [0.3, 0.4) is 0 Å². The van der Waals surface area contributed by atoms with Crippen LogP contribution in [0, 0.1) is 3.57 Å². The van der Waals surface area contributed by atoms with Gasteiger partial charge in [-0.1, -0.05) is 11.6 Å². The summed E-state index contributed by atoms with van der Waals surface area (Å²) in [6.45, 7) is 2.55. The van der Waals surface area contributed by atoms with E-state index in [-0.39, 0.29) is 12.6 Å². The Hall–Kier alpha value is -0.0900.